The molecule has 1 amide bonds. The minimum atomic E-state index is -4.09. The molecule has 0 saturated heterocycles. The van der Waals surface area contributed by atoms with E-state index in [4.69, 9.17) is 58.0 Å². The minimum absolute atomic E-state index is 0.0272. The highest BCUT2D eigenvalue weighted by atomic mass is 35.5. The molecule has 0 aliphatic rings. The second-order valence-electron chi connectivity index (χ2n) is 6.61. The van der Waals surface area contributed by atoms with Crippen LogP contribution in [0.3, 0.4) is 0 Å². The first-order chi connectivity index (χ1) is 15.1. The average Bonchev–Trinajstić information content (AvgIpc) is 2.73. The molecule has 0 heterocycles. The highest BCUT2D eigenvalue weighted by molar-refractivity contribution is 7.89. The molecule has 3 aromatic rings. The van der Waals surface area contributed by atoms with E-state index in [0.29, 0.717) is 15.6 Å². The molecule has 5 nitrogen and oxygen atoms in total. The van der Waals surface area contributed by atoms with Crippen molar-refractivity contribution in [1.29, 1.82) is 0 Å². The molecule has 0 aliphatic heterocycles. The number of hydrogen-bond acceptors (Lipinski definition) is 3. The highest BCUT2D eigenvalue weighted by Crippen LogP contribution is 2.30. The summed E-state index contributed by atoms with van der Waals surface area (Å²) >= 11 is 30.2. The number of benzene rings is 3. The zero-order valence-corrected chi connectivity index (χ0v) is 20.8. The van der Waals surface area contributed by atoms with Gasteiger partial charge in [-0.05, 0) is 54.1 Å². The van der Waals surface area contributed by atoms with Gasteiger partial charge in [-0.2, -0.15) is 4.31 Å². The van der Waals surface area contributed by atoms with Crippen LogP contribution in [0.2, 0.25) is 25.1 Å². The summed E-state index contributed by atoms with van der Waals surface area (Å²) in [5, 5.41) is 4.04. The molecular weight excluding hydrogens is 538 g/mol. The molecule has 0 bridgehead atoms. The van der Waals surface area contributed by atoms with E-state index in [2.05, 4.69) is 5.32 Å². The predicted molar refractivity (Wildman–Crippen MR) is 131 cm³/mol. The lowest BCUT2D eigenvalue weighted by molar-refractivity contribution is -0.116. The van der Waals surface area contributed by atoms with Crippen molar-refractivity contribution in [3.63, 3.8) is 0 Å². The first-order valence-corrected chi connectivity index (χ1v) is 12.3. The molecule has 1 N–H and O–H groups in total. The third-order valence-corrected chi connectivity index (χ3v) is 7.82. The fourth-order valence-electron chi connectivity index (χ4n) is 2.77. The van der Waals surface area contributed by atoms with Gasteiger partial charge in [0.1, 0.15) is 0 Å². The summed E-state index contributed by atoms with van der Waals surface area (Å²) < 4.78 is 27.6. The van der Waals surface area contributed by atoms with Crippen molar-refractivity contribution in [1.82, 2.24) is 4.31 Å². The number of rotatable bonds is 7. The lowest BCUT2D eigenvalue weighted by Gasteiger charge is -2.23. The van der Waals surface area contributed by atoms with E-state index in [0.717, 1.165) is 4.31 Å². The Morgan fingerprint density at radius 2 is 1.50 bits per heavy atom. The Bertz CT molecular complexity index is 1250. The van der Waals surface area contributed by atoms with Gasteiger partial charge in [0.15, 0.2) is 0 Å². The van der Waals surface area contributed by atoms with Crippen molar-refractivity contribution in [2.24, 2.45) is 0 Å². The molecule has 0 aromatic heterocycles. The fraction of sp³-hybridized carbons (Fsp3) is 0.0952. The molecule has 0 fully saturated rings. The maximum atomic E-state index is 13.3. The van der Waals surface area contributed by atoms with E-state index in [1.54, 1.807) is 30.3 Å². The van der Waals surface area contributed by atoms with E-state index in [-0.39, 0.29) is 32.2 Å². The molecule has 168 valence electrons. The van der Waals surface area contributed by atoms with Crippen LogP contribution in [-0.2, 0) is 21.4 Å². The van der Waals surface area contributed by atoms with Crippen LogP contribution in [0.4, 0.5) is 5.69 Å². The summed E-state index contributed by atoms with van der Waals surface area (Å²) in [5.74, 6) is -0.614. The van der Waals surface area contributed by atoms with Crippen LogP contribution in [0.1, 0.15) is 5.56 Å². The Labute approximate surface area is 210 Å². The number of nitrogens with zero attached hydrogens (tertiary/aromatic N) is 1. The van der Waals surface area contributed by atoms with Gasteiger partial charge in [0.2, 0.25) is 15.9 Å². The quantitative estimate of drug-likeness (QED) is 0.351. The number of amides is 1. The van der Waals surface area contributed by atoms with Crippen LogP contribution >= 0.6 is 58.0 Å². The van der Waals surface area contributed by atoms with Gasteiger partial charge < -0.3 is 5.32 Å². The largest absolute Gasteiger partial charge is 0.324 e. The van der Waals surface area contributed by atoms with Crippen LogP contribution in [0.5, 0.6) is 0 Å². The van der Waals surface area contributed by atoms with Gasteiger partial charge in [-0.15, -0.1) is 0 Å². The number of hydrogen-bond donors (Lipinski definition) is 1. The van der Waals surface area contributed by atoms with E-state index < -0.39 is 22.5 Å². The molecule has 11 heteroatoms. The van der Waals surface area contributed by atoms with E-state index in [1.807, 2.05) is 0 Å². The van der Waals surface area contributed by atoms with E-state index >= 15 is 0 Å². The maximum absolute atomic E-state index is 13.3. The number of halogens is 5. The molecule has 0 radical (unpaired) electrons. The Balaban J connectivity index is 1.93. The molecule has 32 heavy (non-hydrogen) atoms. The van der Waals surface area contributed by atoms with Gasteiger partial charge in [0.25, 0.3) is 0 Å². The monoisotopic (exact) mass is 550 g/mol. The lowest BCUT2D eigenvalue weighted by atomic mass is 10.2. The summed E-state index contributed by atoms with van der Waals surface area (Å²) in [6.45, 7) is -0.676. The summed E-state index contributed by atoms with van der Waals surface area (Å²) in [5.41, 5.74) is 0.736. The third kappa shape index (κ3) is 6.08. The lowest BCUT2D eigenvalue weighted by Crippen LogP contribution is -2.37. The number of nitrogens with one attached hydrogen (secondary N) is 1. The number of sulfonamides is 1. The smallest absolute Gasteiger partial charge is 0.243 e. The molecule has 0 unspecified atom stereocenters. The number of anilines is 1. The van der Waals surface area contributed by atoms with Gasteiger partial charge in [-0.1, -0.05) is 70.1 Å². The second kappa shape index (κ2) is 10.6. The Morgan fingerprint density at radius 1 is 0.844 bits per heavy atom. The molecule has 3 aromatic carbocycles. The van der Waals surface area contributed by atoms with E-state index in [9.17, 15) is 13.2 Å². The van der Waals surface area contributed by atoms with Crippen LogP contribution in [0.25, 0.3) is 0 Å². The van der Waals surface area contributed by atoms with Gasteiger partial charge in [0, 0.05) is 21.6 Å². The Morgan fingerprint density at radius 3 is 2.16 bits per heavy atom. The Hall–Kier alpha value is -1.51. The van der Waals surface area contributed by atoms with Crippen LogP contribution in [-0.4, -0.2) is 25.2 Å². The second-order valence-corrected chi connectivity index (χ2v) is 10.6. The zero-order chi connectivity index (χ0) is 23.5. The van der Waals surface area contributed by atoms with Gasteiger partial charge >= 0.3 is 0 Å². The molecular formula is C21H15Cl5N2O3S. The Kier molecular flexibility index (Phi) is 8.33. The van der Waals surface area contributed by atoms with Gasteiger partial charge in [0.05, 0.1) is 27.2 Å². The minimum Gasteiger partial charge on any atom is -0.324 e. The number of carbonyl (C=O) groups excluding carboxylic acids is 1. The molecule has 0 saturated carbocycles. The standard InChI is InChI=1S/C21H15Cl5N2O3S/c22-14-6-8-16(9-7-14)32(30,31)28(11-13-4-5-15(23)10-18(13)25)12-20(29)27-19-3-1-2-17(24)21(19)26/h1-10H,11-12H2,(H,27,29). The zero-order valence-electron chi connectivity index (χ0n) is 16.2. The van der Waals surface area contributed by atoms with Crippen molar-refractivity contribution >= 4 is 79.6 Å². The molecule has 3 rings (SSSR count). The van der Waals surface area contributed by atoms with Crippen molar-refractivity contribution in [2.75, 3.05) is 11.9 Å². The first-order valence-electron chi connectivity index (χ1n) is 9.01. The summed E-state index contributed by atoms with van der Waals surface area (Å²) in [6.07, 6.45) is 0. The van der Waals surface area contributed by atoms with Gasteiger partial charge in [-0.25, -0.2) is 8.42 Å². The van der Waals surface area contributed by atoms with Crippen molar-refractivity contribution in [2.45, 2.75) is 11.4 Å². The van der Waals surface area contributed by atoms with Crippen LogP contribution in [0.15, 0.2) is 65.6 Å². The third-order valence-electron chi connectivity index (χ3n) is 4.36. The molecule has 0 spiro atoms. The van der Waals surface area contributed by atoms with Crippen molar-refractivity contribution in [3.8, 4) is 0 Å². The normalized spacial score (nSPS) is 11.6. The first kappa shape index (κ1) is 25.1. The molecule has 0 atom stereocenters. The van der Waals surface area contributed by atoms with Gasteiger partial charge in [-0.3, -0.25) is 4.79 Å². The average molecular weight is 553 g/mol. The van der Waals surface area contributed by atoms with Crippen molar-refractivity contribution < 1.29 is 13.2 Å². The van der Waals surface area contributed by atoms with Crippen LogP contribution in [0, 0.1) is 0 Å². The molecule has 0 aliphatic carbocycles. The highest BCUT2D eigenvalue weighted by Gasteiger charge is 2.28. The maximum Gasteiger partial charge on any atom is 0.243 e. The van der Waals surface area contributed by atoms with Crippen LogP contribution < -0.4 is 5.32 Å². The number of carbonyl (C=O) groups is 1. The van der Waals surface area contributed by atoms with E-state index in [1.165, 1.54) is 30.3 Å². The summed E-state index contributed by atoms with van der Waals surface area (Å²) in [7, 11) is -4.09. The predicted octanol–water partition coefficient (Wildman–Crippen LogP) is 6.78. The summed E-state index contributed by atoms with van der Waals surface area (Å²) in [6, 6.07) is 15.0. The summed E-state index contributed by atoms with van der Waals surface area (Å²) in [4.78, 5) is 12.7. The topological polar surface area (TPSA) is 66.5 Å². The van der Waals surface area contributed by atoms with Crippen molar-refractivity contribution in [3.05, 3.63) is 91.3 Å². The fourth-order valence-corrected chi connectivity index (χ4v) is 5.09. The SMILES string of the molecule is O=C(CN(Cc1ccc(Cl)cc1Cl)S(=O)(=O)c1ccc(Cl)cc1)Nc1cccc(Cl)c1Cl.